The Labute approximate surface area is 141 Å². The zero-order chi connectivity index (χ0) is 16.2. The van der Waals surface area contributed by atoms with Crippen LogP contribution in [0.25, 0.3) is 22.6 Å². The fourth-order valence-electron chi connectivity index (χ4n) is 2.22. The Kier molecular flexibility index (Phi) is 4.43. The number of rotatable bonds is 4. The van der Waals surface area contributed by atoms with Crippen molar-refractivity contribution in [2.75, 3.05) is 0 Å². The molecule has 0 atom stereocenters. The van der Waals surface area contributed by atoms with Gasteiger partial charge in [-0.25, -0.2) is 9.97 Å². The van der Waals surface area contributed by atoms with Gasteiger partial charge in [-0.1, -0.05) is 46.3 Å². The van der Waals surface area contributed by atoms with Gasteiger partial charge in [-0.15, -0.1) is 0 Å². The quantitative estimate of drug-likeness (QED) is 0.382. The van der Waals surface area contributed by atoms with Gasteiger partial charge in [0.05, 0.1) is 10.6 Å². The maximum absolute atomic E-state index is 10.8. The summed E-state index contributed by atoms with van der Waals surface area (Å²) in [5.41, 5.74) is 3.51. The first-order chi connectivity index (χ1) is 11.2. The zero-order valence-corrected chi connectivity index (χ0v) is 13.6. The fraction of sp³-hybridized carbons (Fsp3) is 0.0588. The van der Waals surface area contributed by atoms with E-state index in [2.05, 4.69) is 25.9 Å². The summed E-state index contributed by atoms with van der Waals surface area (Å²) in [7, 11) is 0. The van der Waals surface area contributed by atoms with Crippen LogP contribution in [0.5, 0.6) is 0 Å². The first-order valence-corrected chi connectivity index (χ1v) is 8.03. The Morgan fingerprint density at radius 3 is 2.30 bits per heavy atom. The van der Waals surface area contributed by atoms with E-state index in [1.807, 2.05) is 30.3 Å². The van der Waals surface area contributed by atoms with Crippen molar-refractivity contribution in [2.45, 2.75) is 5.33 Å². The Hall–Kier alpha value is -2.60. The highest BCUT2D eigenvalue weighted by molar-refractivity contribution is 9.08. The number of alkyl halides is 1. The number of non-ortho nitro benzene ring substituents is 1. The molecule has 0 N–H and O–H groups in total. The molecule has 5 nitrogen and oxygen atoms in total. The van der Waals surface area contributed by atoms with Crippen LogP contribution in [-0.4, -0.2) is 14.9 Å². The largest absolute Gasteiger partial charge is 0.269 e. The number of hydrogen-bond acceptors (Lipinski definition) is 4. The minimum Gasteiger partial charge on any atom is -0.258 e. The number of halogens is 1. The summed E-state index contributed by atoms with van der Waals surface area (Å²) in [5, 5.41) is 11.4. The van der Waals surface area contributed by atoms with Gasteiger partial charge in [0.2, 0.25) is 0 Å². The normalized spacial score (nSPS) is 10.5. The second kappa shape index (κ2) is 6.66. The third-order valence-electron chi connectivity index (χ3n) is 3.39. The van der Waals surface area contributed by atoms with E-state index in [4.69, 9.17) is 0 Å². The topological polar surface area (TPSA) is 68.9 Å². The smallest absolute Gasteiger partial charge is 0.258 e. The number of nitrogens with zero attached hydrogens (tertiary/aromatic N) is 3. The van der Waals surface area contributed by atoms with Crippen molar-refractivity contribution in [2.24, 2.45) is 0 Å². The minimum absolute atomic E-state index is 0.0616. The van der Waals surface area contributed by atoms with Gasteiger partial charge in [-0.2, -0.15) is 0 Å². The first-order valence-electron chi connectivity index (χ1n) is 6.91. The minimum atomic E-state index is -0.412. The molecule has 2 aromatic carbocycles. The van der Waals surface area contributed by atoms with E-state index < -0.39 is 4.92 Å². The van der Waals surface area contributed by atoms with Crippen LogP contribution in [0.2, 0.25) is 0 Å². The van der Waals surface area contributed by atoms with Crippen LogP contribution in [0.4, 0.5) is 5.69 Å². The molecule has 0 bridgehead atoms. The molecule has 0 fully saturated rings. The summed E-state index contributed by atoms with van der Waals surface area (Å²) in [6.07, 6.45) is 1.78. The second-order valence-corrected chi connectivity index (χ2v) is 5.43. The molecule has 3 aromatic rings. The maximum Gasteiger partial charge on any atom is 0.269 e. The van der Waals surface area contributed by atoms with Crippen molar-refractivity contribution in [3.8, 4) is 22.6 Å². The lowest BCUT2D eigenvalue weighted by Gasteiger charge is -2.09. The van der Waals surface area contributed by atoms with Gasteiger partial charge >= 0.3 is 0 Å². The number of aromatic nitrogens is 2. The van der Waals surface area contributed by atoms with E-state index >= 15 is 0 Å². The van der Waals surface area contributed by atoms with Crippen molar-refractivity contribution in [3.05, 3.63) is 76.5 Å². The van der Waals surface area contributed by atoms with Crippen molar-refractivity contribution in [1.29, 1.82) is 0 Å². The lowest BCUT2D eigenvalue weighted by Crippen LogP contribution is -1.97. The van der Waals surface area contributed by atoms with Crippen molar-refractivity contribution in [3.63, 3.8) is 0 Å². The first kappa shape index (κ1) is 15.3. The summed E-state index contributed by atoms with van der Waals surface area (Å²) >= 11 is 3.44. The third-order valence-corrected chi connectivity index (χ3v) is 4.00. The summed E-state index contributed by atoms with van der Waals surface area (Å²) in [6, 6.07) is 16.1. The average molecular weight is 370 g/mol. The summed E-state index contributed by atoms with van der Waals surface area (Å²) in [4.78, 5) is 19.4. The molecule has 0 unspecified atom stereocenters. The van der Waals surface area contributed by atoms with E-state index in [1.54, 1.807) is 18.3 Å². The average Bonchev–Trinajstić information content (AvgIpc) is 2.62. The predicted octanol–water partition coefficient (Wildman–Crippen LogP) is 4.61. The highest BCUT2D eigenvalue weighted by Crippen LogP contribution is 2.27. The molecule has 0 spiro atoms. The highest BCUT2D eigenvalue weighted by atomic mass is 79.9. The van der Waals surface area contributed by atoms with Crippen molar-refractivity contribution < 1.29 is 4.92 Å². The summed E-state index contributed by atoms with van der Waals surface area (Å²) in [5.74, 6) is 0.628. The molecule has 114 valence electrons. The molecule has 0 radical (unpaired) electrons. The molecule has 23 heavy (non-hydrogen) atoms. The molecule has 0 saturated carbocycles. The van der Waals surface area contributed by atoms with Crippen LogP contribution in [0.15, 0.2) is 60.8 Å². The molecular formula is C17H12BrN3O2. The van der Waals surface area contributed by atoms with Crippen LogP contribution < -0.4 is 0 Å². The van der Waals surface area contributed by atoms with E-state index in [-0.39, 0.29) is 5.69 Å². The zero-order valence-electron chi connectivity index (χ0n) is 12.0. The molecule has 3 rings (SSSR count). The Morgan fingerprint density at radius 1 is 1.00 bits per heavy atom. The van der Waals surface area contributed by atoms with E-state index in [1.165, 1.54) is 12.1 Å². The summed E-state index contributed by atoms with van der Waals surface area (Å²) in [6.45, 7) is 0. The Balaban J connectivity index is 2.08. The number of benzene rings is 2. The van der Waals surface area contributed by atoms with Crippen LogP contribution in [0.1, 0.15) is 5.56 Å². The third kappa shape index (κ3) is 3.27. The van der Waals surface area contributed by atoms with E-state index in [0.29, 0.717) is 11.2 Å². The van der Waals surface area contributed by atoms with Gasteiger partial charge in [0.25, 0.3) is 5.69 Å². The fourth-order valence-corrected chi connectivity index (χ4v) is 2.63. The Morgan fingerprint density at radius 2 is 1.70 bits per heavy atom. The monoisotopic (exact) mass is 369 g/mol. The molecule has 1 heterocycles. The van der Waals surface area contributed by atoms with Gasteiger partial charge in [-0.05, 0) is 12.1 Å². The van der Waals surface area contributed by atoms with Crippen molar-refractivity contribution >= 4 is 21.6 Å². The SMILES string of the molecule is O=[N+]([O-])c1ccc(-c2nc(-c3ccccc3)ncc2CBr)cc1. The molecule has 0 aliphatic heterocycles. The molecule has 0 aliphatic rings. The molecule has 0 saturated heterocycles. The molecule has 1 aromatic heterocycles. The lowest BCUT2D eigenvalue weighted by molar-refractivity contribution is -0.384. The maximum atomic E-state index is 10.8. The van der Waals surface area contributed by atoms with Gasteiger partial charge in [0.1, 0.15) is 0 Å². The van der Waals surface area contributed by atoms with Crippen LogP contribution in [0, 0.1) is 10.1 Å². The molecule has 0 aliphatic carbocycles. The van der Waals surface area contributed by atoms with Gasteiger partial charge < -0.3 is 0 Å². The highest BCUT2D eigenvalue weighted by Gasteiger charge is 2.12. The Bertz CT molecular complexity index is 836. The molecular weight excluding hydrogens is 358 g/mol. The van der Waals surface area contributed by atoms with Crippen LogP contribution in [0.3, 0.4) is 0 Å². The van der Waals surface area contributed by atoms with Crippen LogP contribution in [-0.2, 0) is 5.33 Å². The molecule has 0 amide bonds. The van der Waals surface area contributed by atoms with Gasteiger partial charge in [0, 0.05) is 40.4 Å². The van der Waals surface area contributed by atoms with E-state index in [9.17, 15) is 10.1 Å². The van der Waals surface area contributed by atoms with Gasteiger partial charge in [-0.3, -0.25) is 10.1 Å². The number of hydrogen-bond donors (Lipinski definition) is 0. The molecule has 6 heteroatoms. The summed E-state index contributed by atoms with van der Waals surface area (Å²) < 4.78 is 0. The predicted molar refractivity (Wildman–Crippen MR) is 92.2 cm³/mol. The van der Waals surface area contributed by atoms with Crippen molar-refractivity contribution in [1.82, 2.24) is 9.97 Å². The number of nitro groups is 1. The number of nitro benzene ring substituents is 1. The van der Waals surface area contributed by atoms with Gasteiger partial charge in [0.15, 0.2) is 5.82 Å². The standard InChI is InChI=1S/C17H12BrN3O2/c18-10-14-11-19-17(13-4-2-1-3-5-13)20-16(14)12-6-8-15(9-7-12)21(22)23/h1-9,11H,10H2. The van der Waals surface area contributed by atoms with Crippen LogP contribution >= 0.6 is 15.9 Å². The lowest BCUT2D eigenvalue weighted by atomic mass is 10.1. The second-order valence-electron chi connectivity index (χ2n) is 4.87. The van der Waals surface area contributed by atoms with E-state index in [0.717, 1.165) is 22.4 Å².